The Labute approximate surface area is 102 Å². The van der Waals surface area contributed by atoms with Gasteiger partial charge in [-0.25, -0.2) is 4.79 Å². The zero-order valence-corrected chi connectivity index (χ0v) is 9.16. The number of carbonyl (C=O) groups is 4. The summed E-state index contributed by atoms with van der Waals surface area (Å²) in [4.78, 5) is 44.8. The quantitative estimate of drug-likeness (QED) is 0.342. The van der Waals surface area contributed by atoms with Gasteiger partial charge in [-0.15, -0.1) is 0 Å². The fourth-order valence-electron chi connectivity index (χ4n) is 1.87. The van der Waals surface area contributed by atoms with E-state index >= 15 is 0 Å². The molecule has 1 aromatic carbocycles. The Morgan fingerprint density at radius 1 is 1.33 bits per heavy atom. The van der Waals surface area contributed by atoms with Gasteiger partial charge in [-0.3, -0.25) is 9.59 Å². The molecule has 0 fully saturated rings. The number of benzene rings is 1. The molecule has 2 N–H and O–H groups in total. The number of fused-ring (bicyclic) bond motifs is 1. The van der Waals surface area contributed by atoms with Crippen LogP contribution in [0.4, 0.5) is 0 Å². The molecule has 92 valence electrons. The summed E-state index contributed by atoms with van der Waals surface area (Å²) in [5, 5.41) is 0. The fraction of sp³-hybridized carbons (Fsp3) is 0.167. The maximum absolute atomic E-state index is 11.5. The van der Waals surface area contributed by atoms with Gasteiger partial charge in [0.05, 0.1) is 5.56 Å². The van der Waals surface area contributed by atoms with Crippen LogP contribution in [0.3, 0.4) is 0 Å². The number of ether oxygens (including phenoxy) is 1. The van der Waals surface area contributed by atoms with E-state index < -0.39 is 29.7 Å². The molecule has 0 spiro atoms. The third-order valence-electron chi connectivity index (χ3n) is 2.74. The molecule has 1 aromatic rings. The number of ketones is 1. The Kier molecular flexibility index (Phi) is 2.93. The molecule has 18 heavy (non-hydrogen) atoms. The van der Waals surface area contributed by atoms with Crippen molar-refractivity contribution in [2.75, 3.05) is 0 Å². The number of aldehydes is 1. The van der Waals surface area contributed by atoms with Gasteiger partial charge in [-0.1, -0.05) is 18.2 Å². The number of hydrogen-bond donors (Lipinski definition) is 1. The van der Waals surface area contributed by atoms with E-state index in [1.807, 2.05) is 0 Å². The molecule has 0 saturated heterocycles. The van der Waals surface area contributed by atoms with E-state index in [4.69, 9.17) is 10.5 Å². The van der Waals surface area contributed by atoms with Crippen LogP contribution in [0.2, 0.25) is 0 Å². The number of rotatable bonds is 4. The smallest absolute Gasteiger partial charge is 0.339 e. The van der Waals surface area contributed by atoms with Gasteiger partial charge >= 0.3 is 5.97 Å². The molecule has 0 saturated carbocycles. The molecule has 0 aliphatic carbocycles. The van der Waals surface area contributed by atoms with E-state index in [0.717, 1.165) is 0 Å². The zero-order chi connectivity index (χ0) is 13.3. The lowest BCUT2D eigenvalue weighted by molar-refractivity contribution is -0.142. The van der Waals surface area contributed by atoms with Crippen LogP contribution in [-0.2, 0) is 19.1 Å². The third-order valence-corrected chi connectivity index (χ3v) is 2.74. The summed E-state index contributed by atoms with van der Waals surface area (Å²) in [7, 11) is 0. The lowest BCUT2D eigenvalue weighted by Gasteiger charge is -2.15. The van der Waals surface area contributed by atoms with Crippen LogP contribution >= 0.6 is 0 Å². The SMILES string of the molecule is NC(=O)C(=O)C(C=O)C1OC(=O)c2ccccc21. The average Bonchev–Trinajstić information content (AvgIpc) is 2.69. The molecule has 6 heteroatoms. The van der Waals surface area contributed by atoms with Crippen LogP contribution in [0.1, 0.15) is 22.0 Å². The summed E-state index contributed by atoms with van der Waals surface area (Å²) >= 11 is 0. The van der Waals surface area contributed by atoms with Crippen molar-refractivity contribution >= 4 is 23.9 Å². The Bertz CT molecular complexity index is 551. The summed E-state index contributed by atoms with van der Waals surface area (Å²) in [5.41, 5.74) is 5.54. The van der Waals surface area contributed by atoms with Gasteiger partial charge < -0.3 is 15.3 Å². The number of primary amides is 1. The number of carbonyl (C=O) groups excluding carboxylic acids is 4. The van der Waals surface area contributed by atoms with Crippen molar-refractivity contribution in [3.8, 4) is 0 Å². The predicted molar refractivity (Wildman–Crippen MR) is 58.4 cm³/mol. The highest BCUT2D eigenvalue weighted by Gasteiger charge is 2.41. The normalized spacial score (nSPS) is 18.7. The number of esters is 1. The van der Waals surface area contributed by atoms with Gasteiger partial charge in [-0.05, 0) is 6.07 Å². The van der Waals surface area contributed by atoms with Gasteiger partial charge in [0.15, 0.2) is 0 Å². The number of nitrogens with two attached hydrogens (primary N) is 1. The van der Waals surface area contributed by atoms with Gasteiger partial charge in [0.25, 0.3) is 5.91 Å². The first kappa shape index (κ1) is 12.0. The molecule has 6 nitrogen and oxygen atoms in total. The first-order chi connectivity index (χ1) is 8.56. The van der Waals surface area contributed by atoms with E-state index in [2.05, 4.69) is 0 Å². The molecule has 0 aromatic heterocycles. The number of amides is 1. The first-order valence-corrected chi connectivity index (χ1v) is 5.15. The molecule has 1 heterocycles. The Balaban J connectivity index is 2.41. The Hall–Kier alpha value is -2.50. The lowest BCUT2D eigenvalue weighted by atomic mass is 9.92. The highest BCUT2D eigenvalue weighted by Crippen LogP contribution is 2.35. The van der Waals surface area contributed by atoms with E-state index in [0.29, 0.717) is 5.56 Å². The van der Waals surface area contributed by atoms with Gasteiger partial charge in [0.2, 0.25) is 5.78 Å². The van der Waals surface area contributed by atoms with Crippen LogP contribution in [0.15, 0.2) is 24.3 Å². The first-order valence-electron chi connectivity index (χ1n) is 5.15. The summed E-state index contributed by atoms with van der Waals surface area (Å²) in [6.07, 6.45) is -0.807. The lowest BCUT2D eigenvalue weighted by Crippen LogP contribution is -2.34. The van der Waals surface area contributed by atoms with Crippen LogP contribution in [0, 0.1) is 5.92 Å². The monoisotopic (exact) mass is 247 g/mol. The summed E-state index contributed by atoms with van der Waals surface area (Å²) in [5.74, 6) is -4.32. The fourth-order valence-corrected chi connectivity index (χ4v) is 1.87. The largest absolute Gasteiger partial charge is 0.453 e. The van der Waals surface area contributed by atoms with Gasteiger partial charge in [0, 0.05) is 5.56 Å². The molecule has 1 aliphatic heterocycles. The van der Waals surface area contributed by atoms with E-state index in [-0.39, 0.29) is 11.8 Å². The van der Waals surface area contributed by atoms with Crippen LogP contribution in [0.25, 0.3) is 0 Å². The van der Waals surface area contributed by atoms with Crippen molar-refractivity contribution < 1.29 is 23.9 Å². The number of Topliss-reactive ketones (excluding diaryl/α,β-unsaturated/α-hetero) is 1. The van der Waals surface area contributed by atoms with Crippen molar-refractivity contribution in [1.82, 2.24) is 0 Å². The standard InChI is InChI=1S/C12H9NO5/c13-11(16)9(15)8(5-14)10-6-3-1-2-4-7(6)12(17)18-10/h1-5,8,10H,(H2,13,16). The summed E-state index contributed by atoms with van der Waals surface area (Å²) in [6.45, 7) is 0. The van der Waals surface area contributed by atoms with Crippen molar-refractivity contribution in [3.63, 3.8) is 0 Å². The minimum absolute atomic E-state index is 0.271. The molecule has 0 bridgehead atoms. The maximum atomic E-state index is 11.5. The topological polar surface area (TPSA) is 104 Å². The highest BCUT2D eigenvalue weighted by atomic mass is 16.5. The molecule has 1 amide bonds. The van der Waals surface area contributed by atoms with E-state index in [1.54, 1.807) is 18.2 Å². The Morgan fingerprint density at radius 3 is 2.61 bits per heavy atom. The average molecular weight is 247 g/mol. The second-order valence-electron chi connectivity index (χ2n) is 3.80. The minimum Gasteiger partial charge on any atom is -0.453 e. The summed E-state index contributed by atoms with van der Waals surface area (Å²) in [6, 6.07) is 6.36. The van der Waals surface area contributed by atoms with Crippen LogP contribution in [0.5, 0.6) is 0 Å². The van der Waals surface area contributed by atoms with Crippen molar-refractivity contribution in [1.29, 1.82) is 0 Å². The van der Waals surface area contributed by atoms with Crippen molar-refractivity contribution in [2.24, 2.45) is 11.7 Å². The molecule has 1 aliphatic rings. The van der Waals surface area contributed by atoms with Crippen molar-refractivity contribution in [3.05, 3.63) is 35.4 Å². The second kappa shape index (κ2) is 4.40. The molecular formula is C12H9NO5. The minimum atomic E-state index is -1.39. The Morgan fingerprint density at radius 2 is 2.00 bits per heavy atom. The van der Waals surface area contributed by atoms with E-state index in [9.17, 15) is 19.2 Å². The number of hydrogen-bond acceptors (Lipinski definition) is 5. The predicted octanol–water partition coefficient (Wildman–Crippen LogP) is -0.232. The molecular weight excluding hydrogens is 238 g/mol. The number of cyclic esters (lactones) is 1. The molecule has 2 rings (SSSR count). The molecule has 2 unspecified atom stereocenters. The zero-order valence-electron chi connectivity index (χ0n) is 9.16. The highest BCUT2D eigenvalue weighted by molar-refractivity contribution is 6.39. The summed E-state index contributed by atoms with van der Waals surface area (Å²) < 4.78 is 4.96. The third kappa shape index (κ3) is 1.77. The van der Waals surface area contributed by atoms with E-state index in [1.165, 1.54) is 6.07 Å². The van der Waals surface area contributed by atoms with Crippen LogP contribution in [-0.4, -0.2) is 23.9 Å². The van der Waals surface area contributed by atoms with Crippen molar-refractivity contribution in [2.45, 2.75) is 6.10 Å². The molecule has 0 radical (unpaired) electrons. The van der Waals surface area contributed by atoms with Gasteiger partial charge in [-0.2, -0.15) is 0 Å². The molecule has 2 atom stereocenters. The maximum Gasteiger partial charge on any atom is 0.339 e. The van der Waals surface area contributed by atoms with Crippen LogP contribution < -0.4 is 5.73 Å². The van der Waals surface area contributed by atoms with Gasteiger partial charge in [0.1, 0.15) is 18.3 Å². The second-order valence-corrected chi connectivity index (χ2v) is 3.80.